The van der Waals surface area contributed by atoms with Gasteiger partial charge in [0, 0.05) is 25.7 Å². The third-order valence-corrected chi connectivity index (χ3v) is 5.12. The molecule has 5 heteroatoms. The van der Waals surface area contributed by atoms with E-state index in [1.165, 1.54) is 6.42 Å². The molecule has 0 aromatic carbocycles. The molecule has 2 heterocycles. The molecule has 2 fully saturated rings. The zero-order chi connectivity index (χ0) is 14.9. The third-order valence-electron chi connectivity index (χ3n) is 5.12. The molecule has 2 rings (SSSR count). The first-order valence-electron chi connectivity index (χ1n) is 7.68. The Bertz CT molecular complexity index is 399. The molecule has 2 amide bonds. The van der Waals surface area contributed by atoms with E-state index in [4.69, 9.17) is 0 Å². The van der Waals surface area contributed by atoms with Gasteiger partial charge in [0.15, 0.2) is 0 Å². The number of amides is 2. The Morgan fingerprint density at radius 3 is 2.55 bits per heavy atom. The summed E-state index contributed by atoms with van der Waals surface area (Å²) in [5.41, 5.74) is -0.736. The zero-order valence-electron chi connectivity index (χ0n) is 12.8. The Balaban J connectivity index is 2.05. The summed E-state index contributed by atoms with van der Waals surface area (Å²) in [5, 5.41) is 9.42. The van der Waals surface area contributed by atoms with E-state index in [2.05, 4.69) is 13.8 Å². The summed E-state index contributed by atoms with van der Waals surface area (Å²) >= 11 is 0. The van der Waals surface area contributed by atoms with Crippen molar-refractivity contribution in [1.29, 1.82) is 0 Å². The number of piperidine rings is 1. The van der Waals surface area contributed by atoms with Crippen LogP contribution < -0.4 is 0 Å². The minimum atomic E-state index is -0.768. The molecule has 1 N–H and O–H groups in total. The predicted octanol–water partition coefficient (Wildman–Crippen LogP) is 2.41. The Kier molecular flexibility index (Phi) is 4.25. The van der Waals surface area contributed by atoms with Crippen molar-refractivity contribution >= 4 is 12.0 Å². The van der Waals surface area contributed by atoms with E-state index in [9.17, 15) is 14.7 Å². The summed E-state index contributed by atoms with van der Waals surface area (Å²) in [4.78, 5) is 27.8. The summed E-state index contributed by atoms with van der Waals surface area (Å²) in [6.07, 6.45) is 3.36. The lowest BCUT2D eigenvalue weighted by Gasteiger charge is -2.39. The molecule has 3 atom stereocenters. The van der Waals surface area contributed by atoms with Crippen molar-refractivity contribution in [2.24, 2.45) is 11.3 Å². The van der Waals surface area contributed by atoms with Crippen LogP contribution in [0.3, 0.4) is 0 Å². The summed E-state index contributed by atoms with van der Waals surface area (Å²) in [5.74, 6) is -0.233. The van der Waals surface area contributed by atoms with Crippen molar-refractivity contribution in [3.05, 3.63) is 0 Å². The molecule has 0 aromatic rings. The van der Waals surface area contributed by atoms with E-state index >= 15 is 0 Å². The third kappa shape index (κ3) is 2.63. The molecule has 3 unspecified atom stereocenters. The van der Waals surface area contributed by atoms with E-state index in [-0.39, 0.29) is 12.1 Å². The highest BCUT2D eigenvalue weighted by Crippen LogP contribution is 2.35. The normalized spacial score (nSPS) is 34.4. The van der Waals surface area contributed by atoms with Gasteiger partial charge in [-0.05, 0) is 38.5 Å². The van der Waals surface area contributed by atoms with Crippen LogP contribution in [-0.2, 0) is 4.79 Å². The fourth-order valence-corrected chi connectivity index (χ4v) is 3.39. The van der Waals surface area contributed by atoms with Gasteiger partial charge in [-0.1, -0.05) is 13.8 Å². The van der Waals surface area contributed by atoms with E-state index in [1.807, 2.05) is 11.8 Å². The fraction of sp³-hybridized carbons (Fsp3) is 0.867. The summed E-state index contributed by atoms with van der Waals surface area (Å²) in [6, 6.07) is 0.292. The Labute approximate surface area is 120 Å². The van der Waals surface area contributed by atoms with Gasteiger partial charge in [-0.3, -0.25) is 4.79 Å². The van der Waals surface area contributed by atoms with Crippen LogP contribution in [0.5, 0.6) is 0 Å². The van der Waals surface area contributed by atoms with Gasteiger partial charge < -0.3 is 14.9 Å². The van der Waals surface area contributed by atoms with Crippen LogP contribution in [-0.4, -0.2) is 52.6 Å². The highest BCUT2D eigenvalue weighted by atomic mass is 16.4. The minimum Gasteiger partial charge on any atom is -0.481 e. The molecule has 114 valence electrons. The molecule has 0 saturated carbocycles. The number of carbonyl (C=O) groups excluding carboxylic acids is 1. The first kappa shape index (κ1) is 15.1. The number of carboxylic acid groups (broad SMARTS) is 1. The summed E-state index contributed by atoms with van der Waals surface area (Å²) < 4.78 is 0. The molecule has 20 heavy (non-hydrogen) atoms. The van der Waals surface area contributed by atoms with Gasteiger partial charge in [0.25, 0.3) is 0 Å². The maximum absolute atomic E-state index is 12.6. The number of rotatable bonds is 2. The van der Waals surface area contributed by atoms with Gasteiger partial charge in [0.1, 0.15) is 0 Å². The van der Waals surface area contributed by atoms with Crippen molar-refractivity contribution < 1.29 is 14.7 Å². The fourth-order valence-electron chi connectivity index (χ4n) is 3.39. The van der Waals surface area contributed by atoms with Crippen molar-refractivity contribution in [3.8, 4) is 0 Å². The number of urea groups is 1. The molecule has 0 bridgehead atoms. The van der Waals surface area contributed by atoms with Gasteiger partial charge in [-0.2, -0.15) is 0 Å². The van der Waals surface area contributed by atoms with E-state index in [1.54, 1.807) is 4.90 Å². The SMILES string of the molecule is CCC1(C(=O)O)CCN(C(=O)N2CC(C)CCC2C)C1. The zero-order valence-corrected chi connectivity index (χ0v) is 12.8. The molecule has 2 aliphatic rings. The average Bonchev–Trinajstić information content (AvgIpc) is 2.86. The second-order valence-electron chi connectivity index (χ2n) is 6.58. The summed E-state index contributed by atoms with van der Waals surface area (Å²) in [7, 11) is 0. The standard InChI is InChI=1S/C15H26N2O3/c1-4-15(13(18)19)7-8-16(10-15)14(20)17-9-11(2)5-6-12(17)3/h11-12H,4-10H2,1-3H3,(H,18,19). The maximum Gasteiger partial charge on any atom is 0.320 e. The Morgan fingerprint density at radius 1 is 1.30 bits per heavy atom. The molecular weight excluding hydrogens is 256 g/mol. The second kappa shape index (κ2) is 5.62. The lowest BCUT2D eigenvalue weighted by atomic mass is 9.84. The number of nitrogens with zero attached hydrogens (tertiary/aromatic N) is 2. The van der Waals surface area contributed by atoms with Crippen LogP contribution in [0, 0.1) is 11.3 Å². The van der Waals surface area contributed by atoms with Crippen LogP contribution >= 0.6 is 0 Å². The van der Waals surface area contributed by atoms with Crippen LogP contribution in [0.1, 0.15) is 46.5 Å². The first-order valence-corrected chi connectivity index (χ1v) is 7.68. The van der Waals surface area contributed by atoms with E-state index in [0.717, 1.165) is 13.0 Å². The Morgan fingerprint density at radius 2 is 2.00 bits per heavy atom. The lowest BCUT2D eigenvalue weighted by molar-refractivity contribution is -0.148. The molecule has 0 aromatic heterocycles. The van der Waals surface area contributed by atoms with Crippen molar-refractivity contribution in [2.75, 3.05) is 19.6 Å². The van der Waals surface area contributed by atoms with Gasteiger partial charge in [-0.25, -0.2) is 4.79 Å². The van der Waals surface area contributed by atoms with Crippen LogP contribution in [0.15, 0.2) is 0 Å². The first-order chi connectivity index (χ1) is 9.39. The molecular formula is C15H26N2O3. The number of likely N-dealkylation sites (tertiary alicyclic amines) is 2. The number of carbonyl (C=O) groups is 2. The lowest BCUT2D eigenvalue weighted by Crippen LogP contribution is -2.51. The number of hydrogen-bond acceptors (Lipinski definition) is 2. The average molecular weight is 282 g/mol. The predicted molar refractivity (Wildman–Crippen MR) is 76.5 cm³/mol. The smallest absolute Gasteiger partial charge is 0.320 e. The van der Waals surface area contributed by atoms with Gasteiger partial charge in [0.2, 0.25) is 0 Å². The van der Waals surface area contributed by atoms with Crippen LogP contribution in [0.2, 0.25) is 0 Å². The highest BCUT2D eigenvalue weighted by molar-refractivity contribution is 5.80. The summed E-state index contributed by atoms with van der Waals surface area (Å²) in [6.45, 7) is 7.87. The molecule has 5 nitrogen and oxygen atoms in total. The van der Waals surface area contributed by atoms with Crippen LogP contribution in [0.25, 0.3) is 0 Å². The highest BCUT2D eigenvalue weighted by Gasteiger charge is 2.46. The van der Waals surface area contributed by atoms with Gasteiger partial charge >= 0.3 is 12.0 Å². The van der Waals surface area contributed by atoms with E-state index in [0.29, 0.717) is 31.8 Å². The topological polar surface area (TPSA) is 60.9 Å². The molecule has 2 aliphatic heterocycles. The minimum absolute atomic E-state index is 0.0284. The molecule has 0 radical (unpaired) electrons. The number of hydrogen-bond donors (Lipinski definition) is 1. The Hall–Kier alpha value is -1.26. The maximum atomic E-state index is 12.6. The van der Waals surface area contributed by atoms with Gasteiger partial charge in [0.05, 0.1) is 5.41 Å². The molecule has 2 saturated heterocycles. The van der Waals surface area contributed by atoms with Crippen molar-refractivity contribution in [1.82, 2.24) is 9.80 Å². The number of aliphatic carboxylic acids is 1. The molecule has 0 aliphatic carbocycles. The second-order valence-corrected chi connectivity index (χ2v) is 6.58. The van der Waals surface area contributed by atoms with Crippen molar-refractivity contribution in [3.63, 3.8) is 0 Å². The number of carboxylic acids is 1. The largest absolute Gasteiger partial charge is 0.481 e. The quantitative estimate of drug-likeness (QED) is 0.846. The van der Waals surface area contributed by atoms with Gasteiger partial charge in [-0.15, -0.1) is 0 Å². The monoisotopic (exact) mass is 282 g/mol. The van der Waals surface area contributed by atoms with Crippen LogP contribution in [0.4, 0.5) is 4.79 Å². The van der Waals surface area contributed by atoms with E-state index < -0.39 is 11.4 Å². The van der Waals surface area contributed by atoms with Crippen molar-refractivity contribution in [2.45, 2.75) is 52.5 Å². The molecule has 0 spiro atoms.